The van der Waals surface area contributed by atoms with Gasteiger partial charge in [-0.05, 0) is 73.0 Å². The average molecular weight is 500 g/mol. The maximum absolute atomic E-state index is 13.4. The maximum atomic E-state index is 13.4. The molecule has 0 saturated carbocycles. The van der Waals surface area contributed by atoms with Crippen molar-refractivity contribution in [1.82, 2.24) is 0 Å². The fourth-order valence-corrected chi connectivity index (χ4v) is 4.55. The SMILES string of the molecule is CC(=O)Oc1cccc(C2/C(=C(/O)c3ccc4c(c3)OCCO4)C(=O)C(=O)N2c2ccc(C)c(C)c2)c1. The number of esters is 1. The van der Waals surface area contributed by atoms with Crippen molar-refractivity contribution in [3.05, 3.63) is 88.5 Å². The monoisotopic (exact) mass is 499 g/mol. The molecule has 0 radical (unpaired) electrons. The van der Waals surface area contributed by atoms with Gasteiger partial charge in [-0.1, -0.05) is 18.2 Å². The Labute approximate surface area is 213 Å². The summed E-state index contributed by atoms with van der Waals surface area (Å²) < 4.78 is 16.4. The predicted molar refractivity (Wildman–Crippen MR) is 136 cm³/mol. The Morgan fingerprint density at radius 3 is 2.43 bits per heavy atom. The number of amides is 1. The Bertz CT molecular complexity index is 1470. The number of nitrogens with zero attached hydrogens (tertiary/aromatic N) is 1. The number of ether oxygens (including phenoxy) is 3. The second kappa shape index (κ2) is 9.46. The number of aliphatic hydroxyl groups excluding tert-OH is 1. The number of hydrogen-bond donors (Lipinski definition) is 1. The van der Waals surface area contributed by atoms with Crippen LogP contribution in [0.3, 0.4) is 0 Å². The van der Waals surface area contributed by atoms with E-state index < -0.39 is 23.7 Å². The van der Waals surface area contributed by atoms with Gasteiger partial charge in [0.1, 0.15) is 24.7 Å². The first-order valence-electron chi connectivity index (χ1n) is 11.8. The molecule has 8 nitrogen and oxygen atoms in total. The summed E-state index contributed by atoms with van der Waals surface area (Å²) in [5.41, 5.74) is 3.21. The molecule has 3 aromatic carbocycles. The number of rotatable bonds is 4. The molecule has 1 saturated heterocycles. The zero-order valence-corrected chi connectivity index (χ0v) is 20.6. The van der Waals surface area contributed by atoms with Crippen LogP contribution in [0.25, 0.3) is 5.76 Å². The number of anilines is 1. The summed E-state index contributed by atoms with van der Waals surface area (Å²) in [7, 11) is 0. The van der Waals surface area contributed by atoms with Crippen LogP contribution < -0.4 is 19.1 Å². The van der Waals surface area contributed by atoms with E-state index in [9.17, 15) is 19.5 Å². The number of ketones is 1. The molecule has 3 aromatic rings. The highest BCUT2D eigenvalue weighted by atomic mass is 16.6. The van der Waals surface area contributed by atoms with Gasteiger partial charge < -0.3 is 19.3 Å². The largest absolute Gasteiger partial charge is 0.507 e. The van der Waals surface area contributed by atoms with Crippen molar-refractivity contribution in [1.29, 1.82) is 0 Å². The van der Waals surface area contributed by atoms with Crippen molar-refractivity contribution in [2.75, 3.05) is 18.1 Å². The van der Waals surface area contributed by atoms with Crippen molar-refractivity contribution >= 4 is 29.1 Å². The van der Waals surface area contributed by atoms with Crippen molar-refractivity contribution in [2.24, 2.45) is 0 Å². The van der Waals surface area contributed by atoms with Gasteiger partial charge in [-0.3, -0.25) is 19.3 Å². The first-order chi connectivity index (χ1) is 17.7. The molecule has 1 unspecified atom stereocenters. The van der Waals surface area contributed by atoms with Crippen molar-refractivity contribution < 1.29 is 33.7 Å². The van der Waals surface area contributed by atoms with Gasteiger partial charge in [0.25, 0.3) is 11.7 Å². The number of aryl methyl sites for hydroxylation is 2. The van der Waals surface area contributed by atoms with E-state index in [1.807, 2.05) is 26.0 Å². The van der Waals surface area contributed by atoms with Gasteiger partial charge in [0.2, 0.25) is 0 Å². The highest BCUT2D eigenvalue weighted by Crippen LogP contribution is 2.44. The lowest BCUT2D eigenvalue weighted by Gasteiger charge is -2.26. The maximum Gasteiger partial charge on any atom is 0.308 e. The highest BCUT2D eigenvalue weighted by molar-refractivity contribution is 6.51. The lowest BCUT2D eigenvalue weighted by molar-refractivity contribution is -0.132. The molecule has 188 valence electrons. The van der Waals surface area contributed by atoms with E-state index in [2.05, 4.69) is 0 Å². The Kier molecular flexibility index (Phi) is 6.17. The zero-order valence-electron chi connectivity index (χ0n) is 20.6. The summed E-state index contributed by atoms with van der Waals surface area (Å²) >= 11 is 0. The van der Waals surface area contributed by atoms with Crippen LogP contribution in [0, 0.1) is 13.8 Å². The number of aliphatic hydroxyl groups is 1. The van der Waals surface area contributed by atoms with Crippen LogP contribution in [0.1, 0.15) is 35.2 Å². The van der Waals surface area contributed by atoms with E-state index in [0.717, 1.165) is 11.1 Å². The van der Waals surface area contributed by atoms with Crippen molar-refractivity contribution in [3.63, 3.8) is 0 Å². The Morgan fingerprint density at radius 1 is 0.946 bits per heavy atom. The fourth-order valence-electron chi connectivity index (χ4n) is 4.55. The Hall–Kier alpha value is -4.59. The standard InChI is InChI=1S/C29H25NO7/c1-16-7-9-21(13-17(16)2)30-26(19-5-4-6-22(14-19)37-18(3)31)25(28(33)29(30)34)27(32)20-8-10-23-24(15-20)36-12-11-35-23/h4-10,13-15,26,32H,11-12H2,1-3H3/b27-25-. The van der Waals surface area contributed by atoms with Gasteiger partial charge in [-0.15, -0.1) is 0 Å². The van der Waals surface area contributed by atoms with Crippen molar-refractivity contribution in [2.45, 2.75) is 26.8 Å². The molecule has 0 aliphatic carbocycles. The van der Waals surface area contributed by atoms with Gasteiger partial charge in [0, 0.05) is 18.2 Å². The first kappa shape index (κ1) is 24.1. The molecule has 2 heterocycles. The van der Waals surface area contributed by atoms with E-state index >= 15 is 0 Å². The summed E-state index contributed by atoms with van der Waals surface area (Å²) in [5.74, 6) is -1.22. The van der Waals surface area contributed by atoms with E-state index in [0.29, 0.717) is 41.5 Å². The second-order valence-corrected chi connectivity index (χ2v) is 8.96. The fraction of sp³-hybridized carbons (Fsp3) is 0.207. The molecule has 0 bridgehead atoms. The first-order valence-corrected chi connectivity index (χ1v) is 11.8. The minimum atomic E-state index is -0.967. The van der Waals surface area contributed by atoms with Gasteiger partial charge >= 0.3 is 5.97 Å². The van der Waals surface area contributed by atoms with Crippen LogP contribution >= 0.6 is 0 Å². The third-order valence-corrected chi connectivity index (χ3v) is 6.46. The van der Waals surface area contributed by atoms with Gasteiger partial charge in [-0.2, -0.15) is 0 Å². The summed E-state index contributed by atoms with van der Waals surface area (Å²) in [6.45, 7) is 5.93. The van der Waals surface area contributed by atoms with Gasteiger partial charge in [0.05, 0.1) is 11.6 Å². The van der Waals surface area contributed by atoms with E-state index in [1.165, 1.54) is 11.8 Å². The highest BCUT2D eigenvalue weighted by Gasteiger charge is 2.47. The molecule has 37 heavy (non-hydrogen) atoms. The normalized spacial score (nSPS) is 18.1. The molecule has 5 rings (SSSR count). The number of carbonyl (C=O) groups is 3. The van der Waals surface area contributed by atoms with Crippen LogP contribution in [-0.2, 0) is 14.4 Å². The summed E-state index contributed by atoms with van der Waals surface area (Å²) in [6.07, 6.45) is 0. The van der Waals surface area contributed by atoms with Crippen LogP contribution in [0.4, 0.5) is 5.69 Å². The van der Waals surface area contributed by atoms with Crippen LogP contribution in [0.2, 0.25) is 0 Å². The van der Waals surface area contributed by atoms with E-state index in [-0.39, 0.29) is 17.1 Å². The zero-order chi connectivity index (χ0) is 26.3. The van der Waals surface area contributed by atoms with Gasteiger partial charge in [-0.25, -0.2) is 0 Å². The molecule has 1 N–H and O–H groups in total. The Balaban J connectivity index is 1.70. The quantitative estimate of drug-likeness (QED) is 0.184. The minimum Gasteiger partial charge on any atom is -0.507 e. The third-order valence-electron chi connectivity index (χ3n) is 6.46. The molecule has 2 aliphatic heterocycles. The molecule has 1 fully saturated rings. The van der Waals surface area contributed by atoms with Gasteiger partial charge in [0.15, 0.2) is 11.5 Å². The van der Waals surface area contributed by atoms with E-state index in [1.54, 1.807) is 48.5 Å². The summed E-state index contributed by atoms with van der Waals surface area (Å²) in [5, 5.41) is 11.4. The summed E-state index contributed by atoms with van der Waals surface area (Å²) in [4.78, 5) is 39.8. The topological polar surface area (TPSA) is 102 Å². The molecular weight excluding hydrogens is 474 g/mol. The lowest BCUT2D eigenvalue weighted by Crippen LogP contribution is -2.29. The molecular formula is C29H25NO7. The van der Waals surface area contributed by atoms with Crippen molar-refractivity contribution in [3.8, 4) is 17.2 Å². The minimum absolute atomic E-state index is 0.0834. The molecule has 0 spiro atoms. The number of hydrogen-bond acceptors (Lipinski definition) is 7. The molecule has 8 heteroatoms. The number of carbonyl (C=O) groups excluding carboxylic acids is 3. The number of Topliss-reactive ketones (excluding diaryl/α,β-unsaturated/α-hetero) is 1. The lowest BCUT2D eigenvalue weighted by atomic mass is 9.94. The summed E-state index contributed by atoms with van der Waals surface area (Å²) in [6, 6.07) is 15.9. The molecule has 0 aromatic heterocycles. The number of benzene rings is 3. The average Bonchev–Trinajstić information content (AvgIpc) is 3.15. The third kappa shape index (κ3) is 4.42. The van der Waals surface area contributed by atoms with Crippen LogP contribution in [0.15, 0.2) is 66.2 Å². The smallest absolute Gasteiger partial charge is 0.308 e. The van der Waals surface area contributed by atoms with E-state index in [4.69, 9.17) is 14.2 Å². The number of fused-ring (bicyclic) bond motifs is 1. The Morgan fingerprint density at radius 2 is 1.70 bits per heavy atom. The second-order valence-electron chi connectivity index (χ2n) is 8.96. The van der Waals surface area contributed by atoms with Crippen LogP contribution in [-0.4, -0.2) is 36.0 Å². The predicted octanol–water partition coefficient (Wildman–Crippen LogP) is 4.63. The molecule has 1 atom stereocenters. The van der Waals surface area contributed by atoms with Crippen LogP contribution in [0.5, 0.6) is 17.2 Å². The molecule has 1 amide bonds. The molecule has 2 aliphatic rings.